The number of nitrogens with zero attached hydrogens (tertiary/aromatic N) is 2. The number of nitrogens with one attached hydrogen (secondary N) is 1. The van der Waals surface area contributed by atoms with Crippen molar-refractivity contribution >= 4 is 43.5 Å². The molecule has 1 aliphatic rings. The van der Waals surface area contributed by atoms with Crippen molar-refractivity contribution in [1.29, 1.82) is 0 Å². The molecule has 8 nitrogen and oxygen atoms in total. The molecule has 37 heavy (non-hydrogen) atoms. The summed E-state index contributed by atoms with van der Waals surface area (Å²) in [6.45, 7) is 1.61. The van der Waals surface area contributed by atoms with E-state index < -0.39 is 28.5 Å². The number of halogens is 1. The van der Waals surface area contributed by atoms with Gasteiger partial charge in [0.25, 0.3) is 0 Å². The minimum absolute atomic E-state index is 0.0995. The van der Waals surface area contributed by atoms with Crippen molar-refractivity contribution in [2.45, 2.75) is 64.1 Å². The molecule has 2 aromatic carbocycles. The second kappa shape index (κ2) is 13.3. The maximum absolute atomic E-state index is 13.8. The Morgan fingerprint density at radius 3 is 2.35 bits per heavy atom. The van der Waals surface area contributed by atoms with Gasteiger partial charge in [-0.15, -0.1) is 0 Å². The first-order chi connectivity index (χ1) is 17.6. The maximum Gasteiger partial charge on any atom is 0.244 e. The van der Waals surface area contributed by atoms with Gasteiger partial charge in [0.05, 0.1) is 19.1 Å². The molecule has 1 aliphatic carbocycles. The fraction of sp³-hybridized carbons (Fsp3) is 0.481. The van der Waals surface area contributed by atoms with Gasteiger partial charge in [-0.05, 0) is 55.2 Å². The van der Waals surface area contributed by atoms with Gasteiger partial charge in [-0.25, -0.2) is 8.42 Å². The van der Waals surface area contributed by atoms with Crippen LogP contribution in [0.3, 0.4) is 0 Å². The maximum atomic E-state index is 13.8. The van der Waals surface area contributed by atoms with Crippen LogP contribution in [0.15, 0.2) is 53.0 Å². The molecule has 1 saturated carbocycles. The SMILES string of the molecule is CC[C@H](C(=O)NC1CCCCC1)N(Cc1ccc(OC)cc1)C(=O)CN(c1cccc(Br)c1)S(C)(=O)=O. The third kappa shape index (κ3) is 8.20. The van der Waals surface area contributed by atoms with E-state index >= 15 is 0 Å². The van der Waals surface area contributed by atoms with Crippen LogP contribution in [0.5, 0.6) is 5.75 Å². The summed E-state index contributed by atoms with van der Waals surface area (Å²) < 4.78 is 32.4. The highest BCUT2D eigenvalue weighted by Gasteiger charge is 2.32. The van der Waals surface area contributed by atoms with Crippen LogP contribution in [0.25, 0.3) is 0 Å². The Labute approximate surface area is 228 Å². The molecule has 0 spiro atoms. The first kappa shape index (κ1) is 29.0. The number of anilines is 1. The molecule has 0 bridgehead atoms. The number of sulfonamides is 1. The van der Waals surface area contributed by atoms with Gasteiger partial charge < -0.3 is 15.0 Å². The number of rotatable bonds is 11. The highest BCUT2D eigenvalue weighted by atomic mass is 79.9. The van der Waals surface area contributed by atoms with Crippen molar-refractivity contribution in [3.63, 3.8) is 0 Å². The zero-order valence-electron chi connectivity index (χ0n) is 21.7. The van der Waals surface area contributed by atoms with Crippen molar-refractivity contribution in [3.05, 3.63) is 58.6 Å². The summed E-state index contributed by atoms with van der Waals surface area (Å²) in [5.41, 5.74) is 1.18. The lowest BCUT2D eigenvalue weighted by molar-refractivity contribution is -0.140. The molecular weight excluding hydrogens is 558 g/mol. The van der Waals surface area contributed by atoms with Gasteiger partial charge in [-0.3, -0.25) is 13.9 Å². The van der Waals surface area contributed by atoms with Gasteiger partial charge in [0.2, 0.25) is 21.8 Å². The van der Waals surface area contributed by atoms with E-state index in [1.807, 2.05) is 19.1 Å². The molecule has 2 amide bonds. The Hall–Kier alpha value is -2.59. The smallest absolute Gasteiger partial charge is 0.244 e. The Morgan fingerprint density at radius 2 is 1.78 bits per heavy atom. The van der Waals surface area contributed by atoms with Gasteiger partial charge in [-0.1, -0.05) is 60.3 Å². The van der Waals surface area contributed by atoms with Crippen molar-refractivity contribution in [2.75, 3.05) is 24.2 Å². The van der Waals surface area contributed by atoms with Gasteiger partial charge in [0.1, 0.15) is 18.3 Å². The highest BCUT2D eigenvalue weighted by molar-refractivity contribution is 9.10. The molecule has 0 saturated heterocycles. The molecule has 0 radical (unpaired) electrons. The van der Waals surface area contributed by atoms with Crippen molar-refractivity contribution in [2.24, 2.45) is 0 Å². The molecule has 0 unspecified atom stereocenters. The molecule has 0 heterocycles. The number of methoxy groups -OCH3 is 1. The van der Waals surface area contributed by atoms with E-state index in [4.69, 9.17) is 4.74 Å². The second-order valence-electron chi connectivity index (χ2n) is 9.39. The normalized spacial score (nSPS) is 15.0. The van der Waals surface area contributed by atoms with E-state index in [0.717, 1.165) is 41.8 Å². The molecule has 202 valence electrons. The van der Waals surface area contributed by atoms with Gasteiger partial charge >= 0.3 is 0 Å². The summed E-state index contributed by atoms with van der Waals surface area (Å²) in [6.07, 6.45) is 6.65. The Balaban J connectivity index is 1.91. The third-order valence-electron chi connectivity index (χ3n) is 6.62. The molecule has 2 aromatic rings. The Bertz CT molecular complexity index is 1170. The Morgan fingerprint density at radius 1 is 1.11 bits per heavy atom. The molecule has 0 aliphatic heterocycles. The molecule has 1 fully saturated rings. The average Bonchev–Trinajstić information content (AvgIpc) is 2.87. The summed E-state index contributed by atoms with van der Waals surface area (Å²) in [6, 6.07) is 13.4. The molecule has 0 aromatic heterocycles. The molecule has 1 atom stereocenters. The summed E-state index contributed by atoms with van der Waals surface area (Å²) in [5.74, 6) is 0.0260. The van der Waals surface area contributed by atoms with E-state index in [0.29, 0.717) is 22.3 Å². The predicted octanol–water partition coefficient (Wildman–Crippen LogP) is 4.48. The largest absolute Gasteiger partial charge is 0.497 e. The van der Waals surface area contributed by atoms with E-state index in [1.165, 1.54) is 11.3 Å². The van der Waals surface area contributed by atoms with Crippen LogP contribution < -0.4 is 14.4 Å². The molecular formula is C27H36BrN3O5S. The summed E-state index contributed by atoms with van der Waals surface area (Å²) in [4.78, 5) is 28.7. The van der Waals surface area contributed by atoms with Crippen LogP contribution in [-0.4, -0.2) is 57.1 Å². The number of carbonyl (C=O) groups excluding carboxylic acids is 2. The number of ether oxygens (including phenoxy) is 1. The standard InChI is InChI=1S/C27H36BrN3O5S/c1-4-25(27(33)29-22-10-6-5-7-11-22)30(18-20-13-15-24(36-2)16-14-20)26(32)19-31(37(3,34)35)23-12-8-9-21(28)17-23/h8-9,12-17,22,25H,4-7,10-11,18-19H2,1-3H3,(H,29,33)/t25-/m1/s1. The second-order valence-corrected chi connectivity index (χ2v) is 12.2. The zero-order valence-corrected chi connectivity index (χ0v) is 24.1. The summed E-state index contributed by atoms with van der Waals surface area (Å²) in [7, 11) is -2.19. The van der Waals surface area contributed by atoms with Crippen LogP contribution in [0.1, 0.15) is 51.0 Å². The predicted molar refractivity (Wildman–Crippen MR) is 149 cm³/mol. The first-order valence-corrected chi connectivity index (χ1v) is 15.2. The van der Waals surface area contributed by atoms with Gasteiger partial charge in [-0.2, -0.15) is 0 Å². The lowest BCUT2D eigenvalue weighted by Crippen LogP contribution is -2.53. The minimum atomic E-state index is -3.77. The number of carbonyl (C=O) groups is 2. The van der Waals surface area contributed by atoms with Crippen LogP contribution >= 0.6 is 15.9 Å². The topological polar surface area (TPSA) is 96.0 Å². The van der Waals surface area contributed by atoms with Crippen LogP contribution in [-0.2, 0) is 26.2 Å². The fourth-order valence-corrected chi connectivity index (χ4v) is 5.87. The van der Waals surface area contributed by atoms with Crippen molar-refractivity contribution in [3.8, 4) is 5.75 Å². The number of hydrogen-bond donors (Lipinski definition) is 1. The lowest BCUT2D eigenvalue weighted by Gasteiger charge is -2.34. The molecule has 3 rings (SSSR count). The summed E-state index contributed by atoms with van der Waals surface area (Å²) >= 11 is 3.37. The van der Waals surface area contributed by atoms with Gasteiger partial charge in [0, 0.05) is 17.1 Å². The van der Waals surface area contributed by atoms with E-state index in [-0.39, 0.29) is 18.5 Å². The third-order valence-corrected chi connectivity index (χ3v) is 8.26. The molecule has 10 heteroatoms. The van der Waals surface area contributed by atoms with Crippen LogP contribution in [0, 0.1) is 0 Å². The Kier molecular flexibility index (Phi) is 10.4. The van der Waals surface area contributed by atoms with E-state index in [9.17, 15) is 18.0 Å². The first-order valence-electron chi connectivity index (χ1n) is 12.6. The van der Waals surface area contributed by atoms with Crippen LogP contribution in [0.2, 0.25) is 0 Å². The van der Waals surface area contributed by atoms with Crippen molar-refractivity contribution in [1.82, 2.24) is 10.2 Å². The van der Waals surface area contributed by atoms with E-state index in [2.05, 4.69) is 21.2 Å². The quantitative estimate of drug-likeness (QED) is 0.414. The minimum Gasteiger partial charge on any atom is -0.497 e. The monoisotopic (exact) mass is 593 g/mol. The molecule has 1 N–H and O–H groups in total. The average molecular weight is 595 g/mol. The van der Waals surface area contributed by atoms with Crippen LogP contribution in [0.4, 0.5) is 5.69 Å². The highest BCUT2D eigenvalue weighted by Crippen LogP contribution is 2.24. The lowest BCUT2D eigenvalue weighted by atomic mass is 9.95. The number of hydrogen-bond acceptors (Lipinski definition) is 5. The van der Waals surface area contributed by atoms with Crippen molar-refractivity contribution < 1.29 is 22.7 Å². The van der Waals surface area contributed by atoms with E-state index in [1.54, 1.807) is 43.5 Å². The number of benzene rings is 2. The van der Waals surface area contributed by atoms with Gasteiger partial charge in [0.15, 0.2) is 0 Å². The fourth-order valence-electron chi connectivity index (χ4n) is 4.64. The summed E-state index contributed by atoms with van der Waals surface area (Å²) in [5, 5.41) is 3.14. The zero-order chi connectivity index (χ0) is 27.0. The number of amides is 2.